The maximum Gasteiger partial charge on any atom is 0.246 e. The molecule has 0 saturated heterocycles. The Morgan fingerprint density at radius 3 is 2.70 bits per heavy atom. The van der Waals surface area contributed by atoms with E-state index in [9.17, 15) is 4.79 Å². The number of hydrogen-bond acceptors (Lipinski definition) is 4. The quantitative estimate of drug-likeness (QED) is 0.784. The number of rotatable bonds is 5. The Morgan fingerprint density at radius 2 is 2.10 bits per heavy atom. The number of carbonyl (C=O) groups is 1. The van der Waals surface area contributed by atoms with Crippen LogP contribution < -0.4 is 0 Å². The van der Waals surface area contributed by atoms with E-state index < -0.39 is 0 Å². The molecule has 2 aromatic rings. The molecule has 0 spiro atoms. The van der Waals surface area contributed by atoms with Crippen LogP contribution in [0.15, 0.2) is 41.4 Å². The van der Waals surface area contributed by atoms with E-state index in [1.807, 2.05) is 31.2 Å². The topological polar surface area (TPSA) is 59.2 Å². The van der Waals surface area contributed by atoms with Crippen molar-refractivity contribution < 1.29 is 9.32 Å². The molecule has 0 fully saturated rings. The molecule has 1 heterocycles. The molecular weight excluding hydrogens is 254 g/mol. The number of amides is 1. The van der Waals surface area contributed by atoms with E-state index in [1.54, 1.807) is 11.0 Å². The van der Waals surface area contributed by atoms with Crippen LogP contribution in [0.3, 0.4) is 0 Å². The highest BCUT2D eigenvalue weighted by atomic mass is 16.5. The summed E-state index contributed by atoms with van der Waals surface area (Å²) in [4.78, 5) is 17.3. The van der Waals surface area contributed by atoms with Crippen molar-refractivity contribution in [3.8, 4) is 11.4 Å². The number of carbonyl (C=O) groups excluding carboxylic acids is 1. The second-order valence-corrected chi connectivity index (χ2v) is 4.57. The Balaban J connectivity index is 2.14. The molecule has 0 aliphatic carbocycles. The molecule has 104 valence electrons. The highest BCUT2D eigenvalue weighted by molar-refractivity contribution is 5.73. The van der Waals surface area contributed by atoms with E-state index in [0.717, 1.165) is 5.56 Å². The molecule has 5 nitrogen and oxygen atoms in total. The van der Waals surface area contributed by atoms with Crippen molar-refractivity contribution in [1.82, 2.24) is 15.0 Å². The predicted molar refractivity (Wildman–Crippen MR) is 75.8 cm³/mol. The van der Waals surface area contributed by atoms with Crippen molar-refractivity contribution in [3.63, 3.8) is 0 Å². The van der Waals surface area contributed by atoms with Gasteiger partial charge in [0, 0.05) is 19.0 Å². The van der Waals surface area contributed by atoms with Crippen LogP contribution in [0.1, 0.15) is 18.4 Å². The molecule has 0 saturated carbocycles. The van der Waals surface area contributed by atoms with Gasteiger partial charge in [-0.3, -0.25) is 4.79 Å². The van der Waals surface area contributed by atoms with Crippen LogP contribution in [-0.2, 0) is 11.3 Å². The van der Waals surface area contributed by atoms with E-state index in [1.165, 1.54) is 12.5 Å². The zero-order valence-corrected chi connectivity index (χ0v) is 11.7. The van der Waals surface area contributed by atoms with Crippen molar-refractivity contribution in [2.75, 3.05) is 6.54 Å². The molecule has 1 amide bonds. The lowest BCUT2D eigenvalue weighted by Gasteiger charge is -2.16. The molecule has 0 unspecified atom stereocenters. The number of hydrogen-bond donors (Lipinski definition) is 0. The average molecular weight is 271 g/mol. The van der Waals surface area contributed by atoms with Crippen molar-refractivity contribution in [2.45, 2.75) is 20.4 Å². The first-order valence-electron chi connectivity index (χ1n) is 6.36. The molecule has 1 aromatic carbocycles. The monoisotopic (exact) mass is 271 g/mol. The summed E-state index contributed by atoms with van der Waals surface area (Å²) in [5, 5.41) is 3.94. The molecular formula is C15H17N3O2. The molecule has 0 atom stereocenters. The summed E-state index contributed by atoms with van der Waals surface area (Å²) < 4.78 is 5.19. The summed E-state index contributed by atoms with van der Waals surface area (Å²) in [6.45, 7) is 7.89. The first-order chi connectivity index (χ1) is 9.60. The second-order valence-electron chi connectivity index (χ2n) is 4.57. The fourth-order valence-electron chi connectivity index (χ4n) is 1.76. The van der Waals surface area contributed by atoms with Gasteiger partial charge in [0.2, 0.25) is 17.6 Å². The second kappa shape index (κ2) is 6.14. The van der Waals surface area contributed by atoms with E-state index in [0.29, 0.717) is 24.8 Å². The summed E-state index contributed by atoms with van der Waals surface area (Å²) in [5.41, 5.74) is 2.06. The Bertz CT molecular complexity index is 602. The number of aryl methyl sites for hydroxylation is 1. The van der Waals surface area contributed by atoms with Gasteiger partial charge in [-0.1, -0.05) is 41.1 Å². The molecule has 2 rings (SSSR count). The SMILES string of the molecule is C=CCN(Cc1nc(-c2ccc(C)cc2)no1)C(C)=O. The predicted octanol–water partition coefficient (Wildman–Crippen LogP) is 2.58. The van der Waals surface area contributed by atoms with Crippen LogP contribution in [0.2, 0.25) is 0 Å². The molecule has 5 heteroatoms. The summed E-state index contributed by atoms with van der Waals surface area (Å²) in [7, 11) is 0. The fraction of sp³-hybridized carbons (Fsp3) is 0.267. The smallest absolute Gasteiger partial charge is 0.246 e. The minimum absolute atomic E-state index is 0.0556. The van der Waals surface area contributed by atoms with Gasteiger partial charge in [0.05, 0.1) is 0 Å². The average Bonchev–Trinajstić information content (AvgIpc) is 2.87. The maximum atomic E-state index is 11.4. The molecule has 0 bridgehead atoms. The van der Waals surface area contributed by atoms with E-state index in [2.05, 4.69) is 16.7 Å². The summed E-state index contributed by atoms with van der Waals surface area (Å²) in [5.74, 6) is 0.889. The number of aromatic nitrogens is 2. The van der Waals surface area contributed by atoms with Gasteiger partial charge in [0.25, 0.3) is 0 Å². The molecule has 20 heavy (non-hydrogen) atoms. The van der Waals surface area contributed by atoms with E-state index in [4.69, 9.17) is 4.52 Å². The minimum atomic E-state index is -0.0556. The molecule has 0 aliphatic rings. The lowest BCUT2D eigenvalue weighted by atomic mass is 10.1. The van der Waals surface area contributed by atoms with Crippen molar-refractivity contribution in [2.24, 2.45) is 0 Å². The third-order valence-corrected chi connectivity index (χ3v) is 2.90. The lowest BCUT2D eigenvalue weighted by Crippen LogP contribution is -2.28. The number of nitrogens with zero attached hydrogens (tertiary/aromatic N) is 3. The fourth-order valence-corrected chi connectivity index (χ4v) is 1.76. The van der Waals surface area contributed by atoms with Crippen LogP contribution in [0.5, 0.6) is 0 Å². The highest BCUT2D eigenvalue weighted by Gasteiger charge is 2.14. The first-order valence-corrected chi connectivity index (χ1v) is 6.36. The van der Waals surface area contributed by atoms with Gasteiger partial charge in [-0.2, -0.15) is 4.98 Å². The largest absolute Gasteiger partial charge is 0.337 e. The molecule has 0 N–H and O–H groups in total. The Labute approximate surface area is 117 Å². The van der Waals surface area contributed by atoms with Crippen molar-refractivity contribution in [1.29, 1.82) is 0 Å². The number of benzene rings is 1. The molecule has 0 radical (unpaired) electrons. The highest BCUT2D eigenvalue weighted by Crippen LogP contribution is 2.16. The van der Waals surface area contributed by atoms with Crippen LogP contribution >= 0.6 is 0 Å². The zero-order chi connectivity index (χ0) is 14.5. The van der Waals surface area contributed by atoms with E-state index in [-0.39, 0.29) is 5.91 Å². The van der Waals surface area contributed by atoms with Crippen LogP contribution in [0.25, 0.3) is 11.4 Å². The summed E-state index contributed by atoms with van der Waals surface area (Å²) >= 11 is 0. The van der Waals surface area contributed by atoms with Crippen LogP contribution in [-0.4, -0.2) is 27.5 Å². The zero-order valence-electron chi connectivity index (χ0n) is 11.7. The molecule has 1 aromatic heterocycles. The maximum absolute atomic E-state index is 11.4. The van der Waals surface area contributed by atoms with Gasteiger partial charge in [-0.05, 0) is 6.92 Å². The Morgan fingerprint density at radius 1 is 1.40 bits per heavy atom. The third kappa shape index (κ3) is 3.32. The summed E-state index contributed by atoms with van der Waals surface area (Å²) in [6, 6.07) is 7.86. The van der Waals surface area contributed by atoms with Gasteiger partial charge >= 0.3 is 0 Å². The standard InChI is InChI=1S/C15H17N3O2/c1-4-9-18(12(3)19)10-14-16-15(17-20-14)13-7-5-11(2)6-8-13/h4-8H,1,9-10H2,2-3H3. The van der Waals surface area contributed by atoms with Crippen LogP contribution in [0.4, 0.5) is 0 Å². The van der Waals surface area contributed by atoms with Gasteiger partial charge in [0.1, 0.15) is 6.54 Å². The van der Waals surface area contributed by atoms with E-state index >= 15 is 0 Å². The normalized spacial score (nSPS) is 10.3. The summed E-state index contributed by atoms with van der Waals surface area (Å²) in [6.07, 6.45) is 1.67. The third-order valence-electron chi connectivity index (χ3n) is 2.90. The first kappa shape index (κ1) is 14.0. The van der Waals surface area contributed by atoms with Gasteiger partial charge in [-0.25, -0.2) is 0 Å². The Kier molecular flexibility index (Phi) is 4.30. The lowest BCUT2D eigenvalue weighted by molar-refractivity contribution is -0.129. The molecule has 0 aliphatic heterocycles. The van der Waals surface area contributed by atoms with Gasteiger partial charge in [0.15, 0.2) is 0 Å². The Hall–Kier alpha value is -2.43. The van der Waals surface area contributed by atoms with Gasteiger partial charge in [-0.15, -0.1) is 6.58 Å². The minimum Gasteiger partial charge on any atom is -0.337 e. The van der Waals surface area contributed by atoms with Gasteiger partial charge < -0.3 is 9.42 Å². The van der Waals surface area contributed by atoms with Crippen molar-refractivity contribution >= 4 is 5.91 Å². The van der Waals surface area contributed by atoms with Crippen LogP contribution in [0, 0.1) is 6.92 Å². The van der Waals surface area contributed by atoms with Crippen molar-refractivity contribution in [3.05, 3.63) is 48.4 Å².